The smallest absolute Gasteiger partial charge is 0.279 e. The second-order valence-corrected chi connectivity index (χ2v) is 7.25. The summed E-state index contributed by atoms with van der Waals surface area (Å²) in [5, 5.41) is 0. The van der Waals surface area contributed by atoms with E-state index < -0.39 is 10.2 Å². The van der Waals surface area contributed by atoms with Crippen LogP contribution in [-0.2, 0) is 15.0 Å². The first-order valence-electron chi connectivity index (χ1n) is 7.04. The highest BCUT2D eigenvalue weighted by Crippen LogP contribution is 2.13. The number of nitrogens with one attached hydrogen (secondary N) is 1. The highest BCUT2D eigenvalue weighted by Gasteiger charge is 2.29. The number of para-hydroxylation sites is 1. The van der Waals surface area contributed by atoms with Gasteiger partial charge in [0.15, 0.2) is 6.61 Å². The number of ether oxygens (including phenoxy) is 1. The lowest BCUT2D eigenvalue weighted by Gasteiger charge is -2.19. The van der Waals surface area contributed by atoms with Crippen molar-refractivity contribution in [2.75, 3.05) is 33.8 Å². The zero-order valence-electron chi connectivity index (χ0n) is 12.7. The first-order valence-corrected chi connectivity index (χ1v) is 8.48. The van der Waals surface area contributed by atoms with E-state index in [4.69, 9.17) is 4.74 Å². The molecule has 1 amide bonds. The molecule has 1 fully saturated rings. The molecule has 1 aliphatic heterocycles. The van der Waals surface area contributed by atoms with E-state index in [0.717, 1.165) is 4.31 Å². The fraction of sp³-hybridized carbons (Fsp3) is 0.500. The maximum absolute atomic E-state index is 12.1. The average Bonchev–Trinajstić information content (AvgIpc) is 2.93. The number of nitrogens with zero attached hydrogens (tertiary/aromatic N) is 2. The topological polar surface area (TPSA) is 79.0 Å². The lowest BCUT2D eigenvalue weighted by Crippen LogP contribution is -2.44. The van der Waals surface area contributed by atoms with Gasteiger partial charge in [-0.05, 0) is 18.6 Å². The van der Waals surface area contributed by atoms with E-state index in [0.29, 0.717) is 25.3 Å². The van der Waals surface area contributed by atoms with Gasteiger partial charge < -0.3 is 9.64 Å². The Labute approximate surface area is 131 Å². The lowest BCUT2D eigenvalue weighted by molar-refractivity contribution is -0.132. The minimum Gasteiger partial charge on any atom is -0.484 e. The van der Waals surface area contributed by atoms with E-state index in [2.05, 4.69) is 4.72 Å². The average molecular weight is 327 g/mol. The van der Waals surface area contributed by atoms with E-state index in [-0.39, 0.29) is 18.6 Å². The minimum atomic E-state index is -3.47. The van der Waals surface area contributed by atoms with E-state index in [1.807, 2.05) is 18.2 Å². The molecule has 1 atom stereocenters. The van der Waals surface area contributed by atoms with Crippen molar-refractivity contribution in [2.45, 2.75) is 12.5 Å². The highest BCUT2D eigenvalue weighted by molar-refractivity contribution is 7.87. The number of carbonyl (C=O) groups is 1. The summed E-state index contributed by atoms with van der Waals surface area (Å²) in [5.74, 6) is 0.496. The minimum absolute atomic E-state index is 0.0445. The normalized spacial score (nSPS) is 18.7. The number of rotatable bonds is 6. The third-order valence-corrected chi connectivity index (χ3v) is 5.04. The standard InChI is InChI=1S/C14H21N3O4S/c1-16(2)22(19,20)15-12-8-9-17(10-12)14(18)11-21-13-6-4-3-5-7-13/h3-7,12,15H,8-11H2,1-2H3/t12-/m0/s1. The second-order valence-electron chi connectivity index (χ2n) is 5.33. The third-order valence-electron chi connectivity index (χ3n) is 3.44. The zero-order chi connectivity index (χ0) is 16.2. The Morgan fingerprint density at radius 1 is 1.36 bits per heavy atom. The lowest BCUT2D eigenvalue weighted by atomic mass is 10.3. The van der Waals surface area contributed by atoms with Crippen LogP contribution in [0.4, 0.5) is 0 Å². The van der Waals surface area contributed by atoms with Crippen molar-refractivity contribution < 1.29 is 17.9 Å². The van der Waals surface area contributed by atoms with Crippen LogP contribution in [0.15, 0.2) is 30.3 Å². The Kier molecular flexibility index (Phi) is 5.38. The summed E-state index contributed by atoms with van der Waals surface area (Å²) < 4.78 is 32.6. The van der Waals surface area contributed by atoms with Gasteiger partial charge in [-0.1, -0.05) is 18.2 Å². The van der Waals surface area contributed by atoms with Crippen molar-refractivity contribution in [1.29, 1.82) is 0 Å². The van der Waals surface area contributed by atoms with Gasteiger partial charge in [-0.25, -0.2) is 0 Å². The van der Waals surface area contributed by atoms with Crippen LogP contribution in [0.5, 0.6) is 5.75 Å². The number of hydrogen-bond acceptors (Lipinski definition) is 4. The summed E-state index contributed by atoms with van der Waals surface area (Å²) in [6.07, 6.45) is 0.601. The van der Waals surface area contributed by atoms with Gasteiger partial charge in [-0.2, -0.15) is 17.4 Å². The fourth-order valence-corrected chi connectivity index (χ4v) is 2.98. The number of amides is 1. The van der Waals surface area contributed by atoms with Crippen LogP contribution in [0.25, 0.3) is 0 Å². The van der Waals surface area contributed by atoms with Gasteiger partial charge in [0, 0.05) is 33.2 Å². The molecule has 22 heavy (non-hydrogen) atoms. The molecule has 0 aliphatic carbocycles. The maximum atomic E-state index is 12.1. The van der Waals surface area contributed by atoms with Crippen LogP contribution in [0.3, 0.4) is 0 Å². The molecule has 1 aromatic rings. The molecule has 7 nitrogen and oxygen atoms in total. The molecule has 0 aromatic heterocycles. The van der Waals surface area contributed by atoms with Gasteiger partial charge in [-0.15, -0.1) is 0 Å². The molecule has 0 unspecified atom stereocenters. The first kappa shape index (κ1) is 16.7. The van der Waals surface area contributed by atoms with Crippen LogP contribution in [0.2, 0.25) is 0 Å². The second kappa shape index (κ2) is 7.08. The van der Waals surface area contributed by atoms with Crippen LogP contribution in [0, 0.1) is 0 Å². The van der Waals surface area contributed by atoms with E-state index >= 15 is 0 Å². The number of carbonyl (C=O) groups excluding carboxylic acids is 1. The SMILES string of the molecule is CN(C)S(=O)(=O)N[C@H]1CCN(C(=O)COc2ccccc2)C1. The Hall–Kier alpha value is -1.64. The molecule has 2 rings (SSSR count). The summed E-state index contributed by atoms with van der Waals surface area (Å²) >= 11 is 0. The van der Waals surface area contributed by atoms with E-state index in [9.17, 15) is 13.2 Å². The number of benzene rings is 1. The van der Waals surface area contributed by atoms with Crippen molar-refractivity contribution in [1.82, 2.24) is 13.9 Å². The van der Waals surface area contributed by atoms with E-state index in [1.54, 1.807) is 17.0 Å². The molecule has 122 valence electrons. The summed E-state index contributed by atoms with van der Waals surface area (Å²) in [4.78, 5) is 13.7. The molecule has 1 aromatic carbocycles. The van der Waals surface area contributed by atoms with Crippen molar-refractivity contribution in [3.05, 3.63) is 30.3 Å². The monoisotopic (exact) mass is 327 g/mol. The van der Waals surface area contributed by atoms with Crippen LogP contribution in [0.1, 0.15) is 6.42 Å². The molecule has 1 saturated heterocycles. The Balaban J connectivity index is 1.81. The molecule has 0 saturated carbocycles. The fourth-order valence-electron chi connectivity index (χ4n) is 2.15. The molecule has 0 bridgehead atoms. The van der Waals surface area contributed by atoms with Gasteiger partial charge in [-0.3, -0.25) is 4.79 Å². The van der Waals surface area contributed by atoms with Crippen LogP contribution >= 0.6 is 0 Å². The van der Waals surface area contributed by atoms with Gasteiger partial charge in [0.1, 0.15) is 5.75 Å². The summed E-state index contributed by atoms with van der Waals surface area (Å²) in [7, 11) is -0.540. The summed E-state index contributed by atoms with van der Waals surface area (Å²) in [6.45, 7) is 0.846. The Morgan fingerprint density at radius 2 is 2.05 bits per heavy atom. The molecular weight excluding hydrogens is 306 g/mol. The predicted octanol–water partition coefficient (Wildman–Crippen LogP) is 0.0623. The number of likely N-dealkylation sites (tertiary alicyclic amines) is 1. The molecule has 0 spiro atoms. The largest absolute Gasteiger partial charge is 0.484 e. The molecule has 1 N–H and O–H groups in total. The molecule has 0 radical (unpaired) electrons. The van der Waals surface area contributed by atoms with Crippen LogP contribution in [-0.4, -0.2) is 63.4 Å². The van der Waals surface area contributed by atoms with Gasteiger partial charge in [0.2, 0.25) is 0 Å². The maximum Gasteiger partial charge on any atom is 0.279 e. The summed E-state index contributed by atoms with van der Waals surface area (Å²) in [6, 6.07) is 8.85. The molecular formula is C14H21N3O4S. The predicted molar refractivity (Wildman–Crippen MR) is 82.7 cm³/mol. The Bertz CT molecular complexity index is 604. The van der Waals surface area contributed by atoms with Crippen molar-refractivity contribution in [3.63, 3.8) is 0 Å². The van der Waals surface area contributed by atoms with E-state index in [1.165, 1.54) is 14.1 Å². The van der Waals surface area contributed by atoms with Crippen molar-refractivity contribution in [2.24, 2.45) is 0 Å². The van der Waals surface area contributed by atoms with Gasteiger partial charge in [0.25, 0.3) is 16.1 Å². The quantitative estimate of drug-likeness (QED) is 0.801. The van der Waals surface area contributed by atoms with Gasteiger partial charge >= 0.3 is 0 Å². The third kappa shape index (κ3) is 4.43. The van der Waals surface area contributed by atoms with Gasteiger partial charge in [0.05, 0.1) is 0 Å². The first-order chi connectivity index (χ1) is 10.4. The summed E-state index contributed by atoms with van der Waals surface area (Å²) in [5.41, 5.74) is 0. The van der Waals surface area contributed by atoms with Crippen molar-refractivity contribution in [3.8, 4) is 5.75 Å². The molecule has 8 heteroatoms. The molecule has 1 aliphatic rings. The molecule has 1 heterocycles. The van der Waals surface area contributed by atoms with Crippen molar-refractivity contribution >= 4 is 16.1 Å². The van der Waals surface area contributed by atoms with Crippen LogP contribution < -0.4 is 9.46 Å². The highest BCUT2D eigenvalue weighted by atomic mass is 32.2. The number of hydrogen-bond donors (Lipinski definition) is 1. The Morgan fingerprint density at radius 3 is 2.68 bits per heavy atom. The zero-order valence-corrected chi connectivity index (χ0v) is 13.5.